The Balaban J connectivity index is 1.37. The maximum Gasteiger partial charge on any atom is 0.324 e. The molecule has 1 aliphatic carbocycles. The SMILES string of the molecule is CCC(NS(=O)(=O)CCCCCN1CC(=O)NC1=O)c1nc(OCC2CC2)cc(-c2cnn(C)c2)n1. The van der Waals surface area contributed by atoms with Crippen molar-refractivity contribution in [2.45, 2.75) is 51.5 Å². The van der Waals surface area contributed by atoms with E-state index in [1.54, 1.807) is 16.9 Å². The van der Waals surface area contributed by atoms with Crippen molar-refractivity contribution in [3.63, 3.8) is 0 Å². The number of hydrogen-bond acceptors (Lipinski definition) is 8. The van der Waals surface area contributed by atoms with Crippen molar-refractivity contribution in [3.05, 3.63) is 24.3 Å². The van der Waals surface area contributed by atoms with Crippen LogP contribution < -0.4 is 14.8 Å². The summed E-state index contributed by atoms with van der Waals surface area (Å²) in [5, 5.41) is 6.43. The van der Waals surface area contributed by atoms with Gasteiger partial charge in [0.1, 0.15) is 6.54 Å². The molecule has 1 unspecified atom stereocenters. The summed E-state index contributed by atoms with van der Waals surface area (Å²) in [6.07, 6.45) is 7.96. The Hall–Kier alpha value is -3.06. The van der Waals surface area contributed by atoms with Crippen molar-refractivity contribution < 1.29 is 22.7 Å². The van der Waals surface area contributed by atoms with Gasteiger partial charge in [-0.1, -0.05) is 13.3 Å². The molecule has 36 heavy (non-hydrogen) atoms. The summed E-state index contributed by atoms with van der Waals surface area (Å²) in [4.78, 5) is 33.4. The van der Waals surface area contributed by atoms with Crippen LogP contribution in [-0.4, -0.2) is 70.5 Å². The van der Waals surface area contributed by atoms with Crippen LogP contribution in [-0.2, 0) is 21.9 Å². The van der Waals surface area contributed by atoms with Gasteiger partial charge >= 0.3 is 6.03 Å². The Kier molecular flexibility index (Phi) is 8.19. The molecule has 196 valence electrons. The quantitative estimate of drug-likeness (QED) is 0.283. The lowest BCUT2D eigenvalue weighted by Crippen LogP contribution is -2.32. The van der Waals surface area contributed by atoms with E-state index in [9.17, 15) is 18.0 Å². The van der Waals surface area contributed by atoms with E-state index in [0.717, 1.165) is 18.4 Å². The molecule has 1 saturated heterocycles. The molecule has 0 aromatic carbocycles. The summed E-state index contributed by atoms with van der Waals surface area (Å²) in [7, 11) is -1.78. The molecule has 4 rings (SSSR count). The molecule has 1 atom stereocenters. The van der Waals surface area contributed by atoms with Gasteiger partial charge < -0.3 is 9.64 Å². The number of amides is 3. The molecule has 0 bridgehead atoms. The van der Waals surface area contributed by atoms with Crippen LogP contribution in [0.15, 0.2) is 18.5 Å². The van der Waals surface area contributed by atoms with Crippen LogP contribution in [0.1, 0.15) is 57.3 Å². The van der Waals surface area contributed by atoms with E-state index >= 15 is 0 Å². The van der Waals surface area contributed by atoms with Crippen LogP contribution in [0.4, 0.5) is 4.79 Å². The Morgan fingerprint density at radius 2 is 2.03 bits per heavy atom. The van der Waals surface area contributed by atoms with Gasteiger partial charge in [0.05, 0.1) is 30.3 Å². The molecule has 0 radical (unpaired) electrons. The number of sulfonamides is 1. The molecule has 2 fully saturated rings. The molecule has 1 saturated carbocycles. The fraction of sp³-hybridized carbons (Fsp3) is 0.609. The number of rotatable bonds is 14. The lowest BCUT2D eigenvalue weighted by molar-refractivity contribution is -0.118. The van der Waals surface area contributed by atoms with Crippen LogP contribution in [0.5, 0.6) is 5.88 Å². The lowest BCUT2D eigenvalue weighted by Gasteiger charge is -2.18. The zero-order valence-electron chi connectivity index (χ0n) is 20.6. The zero-order chi connectivity index (χ0) is 25.7. The molecular weight excluding hydrogens is 486 g/mol. The number of hydrogen-bond donors (Lipinski definition) is 2. The average molecular weight is 520 g/mol. The molecule has 3 amide bonds. The topological polar surface area (TPSA) is 148 Å². The van der Waals surface area contributed by atoms with E-state index in [2.05, 4.69) is 25.1 Å². The Morgan fingerprint density at radius 1 is 1.22 bits per heavy atom. The van der Waals surface area contributed by atoms with E-state index < -0.39 is 22.1 Å². The van der Waals surface area contributed by atoms with Gasteiger partial charge in [-0.2, -0.15) is 10.1 Å². The number of urea groups is 1. The summed E-state index contributed by atoms with van der Waals surface area (Å²) in [5.41, 5.74) is 1.42. The molecule has 2 N–H and O–H groups in total. The average Bonchev–Trinajstić information content (AvgIpc) is 3.48. The standard InChI is InChI=1S/C23H33N7O5S/c1-3-18(28-36(33,34)10-6-4-5-9-30-14-20(31)26-23(30)32)22-25-19(17-12-24-29(2)13-17)11-21(27-22)35-15-16-7-8-16/h11-13,16,18,28H,3-10,14-15H2,1-2H3,(H,26,31,32). The second-order valence-corrected chi connectivity index (χ2v) is 11.2. The van der Waals surface area contributed by atoms with Crippen LogP contribution in [0.3, 0.4) is 0 Å². The number of carbonyl (C=O) groups excluding carboxylic acids is 2. The molecule has 12 nitrogen and oxygen atoms in total. The van der Waals surface area contributed by atoms with Gasteiger partial charge in [-0.15, -0.1) is 0 Å². The normalized spacial score (nSPS) is 16.9. The molecule has 3 heterocycles. The molecular formula is C23H33N7O5S. The molecule has 2 aliphatic rings. The monoisotopic (exact) mass is 519 g/mol. The van der Waals surface area contributed by atoms with E-state index in [1.165, 1.54) is 4.90 Å². The smallest absolute Gasteiger partial charge is 0.324 e. The first kappa shape index (κ1) is 26.0. The van der Waals surface area contributed by atoms with Gasteiger partial charge in [-0.25, -0.2) is 22.9 Å². The van der Waals surface area contributed by atoms with Gasteiger partial charge in [-0.05, 0) is 38.0 Å². The fourth-order valence-corrected chi connectivity index (χ4v) is 5.30. The Morgan fingerprint density at radius 3 is 2.67 bits per heavy atom. The number of carbonyl (C=O) groups is 2. The van der Waals surface area contributed by atoms with Crippen LogP contribution in [0, 0.1) is 5.92 Å². The van der Waals surface area contributed by atoms with Crippen molar-refractivity contribution in [3.8, 4) is 17.1 Å². The lowest BCUT2D eigenvalue weighted by atomic mass is 10.2. The number of aryl methyl sites for hydroxylation is 1. The number of aromatic nitrogens is 4. The predicted molar refractivity (Wildman–Crippen MR) is 131 cm³/mol. The largest absolute Gasteiger partial charge is 0.477 e. The number of nitrogens with zero attached hydrogens (tertiary/aromatic N) is 5. The van der Waals surface area contributed by atoms with Crippen molar-refractivity contribution in [1.29, 1.82) is 0 Å². The Bertz CT molecular complexity index is 1200. The molecule has 1 aliphatic heterocycles. The van der Waals surface area contributed by atoms with Gasteiger partial charge in [0.2, 0.25) is 21.8 Å². The number of unbranched alkanes of at least 4 members (excludes halogenated alkanes) is 2. The zero-order valence-corrected chi connectivity index (χ0v) is 21.5. The van der Waals surface area contributed by atoms with Crippen molar-refractivity contribution in [2.24, 2.45) is 13.0 Å². The highest BCUT2D eigenvalue weighted by molar-refractivity contribution is 7.89. The van der Waals surface area contributed by atoms with Gasteiger partial charge in [-0.3, -0.25) is 14.8 Å². The third kappa shape index (κ3) is 7.23. The highest BCUT2D eigenvalue weighted by atomic mass is 32.2. The molecule has 2 aromatic heterocycles. The third-order valence-electron chi connectivity index (χ3n) is 6.14. The van der Waals surface area contributed by atoms with E-state index in [1.807, 2.05) is 20.2 Å². The minimum Gasteiger partial charge on any atom is -0.477 e. The van der Waals surface area contributed by atoms with E-state index in [4.69, 9.17) is 4.74 Å². The Labute approximate surface area is 210 Å². The summed E-state index contributed by atoms with van der Waals surface area (Å²) in [5.74, 6) is 0.965. The summed E-state index contributed by atoms with van der Waals surface area (Å²) in [6, 6.07) is 0.765. The van der Waals surface area contributed by atoms with Crippen LogP contribution in [0.25, 0.3) is 11.3 Å². The van der Waals surface area contributed by atoms with Crippen molar-refractivity contribution >= 4 is 22.0 Å². The maximum absolute atomic E-state index is 12.8. The van der Waals surface area contributed by atoms with E-state index in [0.29, 0.717) is 62.2 Å². The number of ether oxygens (including phenoxy) is 1. The highest BCUT2D eigenvalue weighted by Crippen LogP contribution is 2.30. The second kappa shape index (κ2) is 11.3. The maximum atomic E-state index is 12.8. The van der Waals surface area contributed by atoms with Crippen LogP contribution in [0.2, 0.25) is 0 Å². The third-order valence-corrected chi connectivity index (χ3v) is 7.61. The van der Waals surface area contributed by atoms with Gasteiger partial charge in [0.25, 0.3) is 0 Å². The molecule has 0 spiro atoms. The summed E-state index contributed by atoms with van der Waals surface area (Å²) < 4.78 is 36.0. The highest BCUT2D eigenvalue weighted by Gasteiger charge is 2.27. The van der Waals surface area contributed by atoms with Gasteiger partial charge in [0, 0.05) is 31.4 Å². The molecule has 2 aromatic rings. The fourth-order valence-electron chi connectivity index (χ4n) is 3.89. The number of nitrogens with one attached hydrogen (secondary N) is 2. The minimum absolute atomic E-state index is 0.0536. The van der Waals surface area contributed by atoms with Crippen molar-refractivity contribution in [1.82, 2.24) is 34.7 Å². The predicted octanol–water partition coefficient (Wildman–Crippen LogP) is 1.76. The second-order valence-electron chi connectivity index (χ2n) is 9.34. The van der Waals surface area contributed by atoms with Crippen molar-refractivity contribution in [2.75, 3.05) is 25.4 Å². The minimum atomic E-state index is -3.60. The first-order valence-electron chi connectivity index (χ1n) is 12.3. The summed E-state index contributed by atoms with van der Waals surface area (Å²) in [6.45, 7) is 2.93. The first-order valence-corrected chi connectivity index (χ1v) is 14.0. The van der Waals surface area contributed by atoms with E-state index in [-0.39, 0.29) is 18.2 Å². The first-order chi connectivity index (χ1) is 17.2. The number of imide groups is 1. The summed E-state index contributed by atoms with van der Waals surface area (Å²) >= 11 is 0. The van der Waals surface area contributed by atoms with Crippen LogP contribution >= 0.6 is 0 Å². The van der Waals surface area contributed by atoms with Gasteiger partial charge in [0.15, 0.2) is 5.82 Å². The molecule has 13 heteroatoms.